The number of hydrogen-bond acceptors (Lipinski definition) is 2. The van der Waals surface area contributed by atoms with Crippen molar-refractivity contribution in [3.63, 3.8) is 0 Å². The van der Waals surface area contributed by atoms with Crippen LogP contribution in [0.1, 0.15) is 144 Å². The number of rotatable bonds is 10. The van der Waals surface area contributed by atoms with Gasteiger partial charge in [-0.05, 0) is 212 Å². The molecule has 4 heterocycles. The van der Waals surface area contributed by atoms with Crippen molar-refractivity contribution in [2.24, 2.45) is 0 Å². The zero-order chi connectivity index (χ0) is 75.2. The lowest BCUT2D eigenvalue weighted by molar-refractivity contribution is -0.433. The molecule has 105 heavy (non-hydrogen) atoms. The van der Waals surface area contributed by atoms with Crippen LogP contribution in [0.2, 0.25) is 13.6 Å². The van der Waals surface area contributed by atoms with Crippen LogP contribution in [0.25, 0.3) is 43.1 Å². The molecule has 13 heteroatoms. The molecule has 535 valence electrons. The fraction of sp³-hybridized carbons (Fsp3) is 0.304. The highest BCUT2D eigenvalue weighted by molar-refractivity contribution is 6.33. The van der Waals surface area contributed by atoms with Gasteiger partial charge in [-0.15, -0.1) is 0 Å². The fourth-order valence-electron chi connectivity index (χ4n) is 17.3. The molecule has 9 aromatic carbocycles. The molecule has 0 fully saturated rings. The summed E-state index contributed by atoms with van der Waals surface area (Å²) in [6, 6.07) is 53.4. The summed E-state index contributed by atoms with van der Waals surface area (Å²) in [6.45, 7) is 35.7. The van der Waals surface area contributed by atoms with Gasteiger partial charge in [0.2, 0.25) is 11.4 Å². The number of benzene rings is 9. The molecule has 0 spiro atoms. The molecule has 6 aliphatic rings. The van der Waals surface area contributed by atoms with Crippen LogP contribution >= 0.6 is 23.2 Å². The van der Waals surface area contributed by atoms with E-state index in [2.05, 4.69) is 304 Å². The highest BCUT2D eigenvalue weighted by Gasteiger charge is 2.48. The summed E-state index contributed by atoms with van der Waals surface area (Å²) in [5.74, 6) is -10.3. The maximum atomic E-state index is 12.3. The first-order valence-corrected chi connectivity index (χ1v) is 37.9. The monoisotopic (exact) mass is 1440 g/mol. The second-order valence-corrected chi connectivity index (χ2v) is 30.8. The van der Waals surface area contributed by atoms with Gasteiger partial charge in [0.1, 0.15) is 28.2 Å². The van der Waals surface area contributed by atoms with Crippen LogP contribution in [-0.2, 0) is 21.7 Å². The van der Waals surface area contributed by atoms with E-state index in [9.17, 15) is 22.0 Å². The largest absolute Gasteiger partial charge is 0.344 e. The molecule has 4 aliphatic heterocycles. The van der Waals surface area contributed by atoms with Crippen LogP contribution in [0.3, 0.4) is 0 Å². The van der Waals surface area contributed by atoms with E-state index in [4.69, 9.17) is 23.2 Å². The average molecular weight is 1440 g/mol. The zero-order valence-corrected chi connectivity index (χ0v) is 64.6. The maximum absolute atomic E-state index is 12.3. The fourth-order valence-corrected chi connectivity index (χ4v) is 17.9. The van der Waals surface area contributed by atoms with Crippen molar-refractivity contribution < 1.29 is 31.1 Å². The van der Waals surface area contributed by atoms with Crippen molar-refractivity contribution in [2.75, 3.05) is 36.0 Å². The second-order valence-electron chi connectivity index (χ2n) is 30.1. The number of nitrogens with zero attached hydrogens (tertiary/aromatic N) is 4. The molecule has 15 rings (SSSR count). The normalized spacial score (nSPS) is 19.2. The molecule has 0 unspecified atom stereocenters. The van der Waals surface area contributed by atoms with E-state index in [1.807, 2.05) is 20.9 Å². The van der Waals surface area contributed by atoms with Gasteiger partial charge in [-0.2, -0.15) is 9.15 Å². The summed E-state index contributed by atoms with van der Waals surface area (Å²) in [7, 11) is 6.56. The van der Waals surface area contributed by atoms with Gasteiger partial charge in [0.25, 0.3) is 0 Å². The Bertz CT molecular complexity index is 4910. The Hall–Kier alpha value is -8.76. The minimum atomic E-state index is -2.21. The number of allylic oxidation sites excluding steroid dienone is 16. The first-order valence-electron chi connectivity index (χ1n) is 37.2. The molecule has 0 bridgehead atoms. The van der Waals surface area contributed by atoms with Crippen molar-refractivity contribution in [1.29, 1.82) is 0 Å². The van der Waals surface area contributed by atoms with Gasteiger partial charge in [-0.1, -0.05) is 198 Å². The van der Waals surface area contributed by atoms with Crippen LogP contribution in [-0.4, -0.2) is 61.9 Å². The third-order valence-corrected chi connectivity index (χ3v) is 23.2. The number of hydrogen-bond donors (Lipinski definition) is 0. The number of halogens is 7. The molecule has 0 amide bonds. The molecule has 9 aromatic rings. The Morgan fingerprint density at radius 1 is 0.410 bits per heavy atom. The molecule has 0 N–H and O–H groups in total. The van der Waals surface area contributed by atoms with E-state index in [0.717, 1.165) is 74.8 Å². The van der Waals surface area contributed by atoms with Crippen molar-refractivity contribution in [2.45, 2.75) is 157 Å². The summed E-state index contributed by atoms with van der Waals surface area (Å²) in [5.41, 5.74) is 19.5. The van der Waals surface area contributed by atoms with Crippen molar-refractivity contribution >= 4 is 121 Å². The highest BCUT2D eigenvalue weighted by atomic mass is 35.5. The van der Waals surface area contributed by atoms with E-state index in [1.165, 1.54) is 133 Å². The third-order valence-electron chi connectivity index (χ3n) is 22.2. The molecule has 4 nitrogen and oxygen atoms in total. The quantitative estimate of drug-likeness (QED) is 0.0445. The van der Waals surface area contributed by atoms with E-state index < -0.39 is 34.5 Å². The summed E-state index contributed by atoms with van der Waals surface area (Å²) >= 11 is 14.5. The molecule has 0 atom stereocenters. The average Bonchev–Trinajstić information content (AvgIpc) is 1.60. The molecule has 2 aliphatic carbocycles. The zero-order valence-electron chi connectivity index (χ0n) is 63.1. The van der Waals surface area contributed by atoms with E-state index in [-0.39, 0.29) is 21.7 Å². The Morgan fingerprint density at radius 3 is 1.06 bits per heavy atom. The predicted molar refractivity (Wildman–Crippen MR) is 438 cm³/mol. The minimum Gasteiger partial charge on any atom is -0.344 e. The van der Waals surface area contributed by atoms with Crippen LogP contribution < -0.4 is 15.3 Å². The number of fused-ring (bicyclic) bond motifs is 12. The highest BCUT2D eigenvalue weighted by Crippen LogP contribution is 2.54. The van der Waals surface area contributed by atoms with Gasteiger partial charge in [0.15, 0.2) is 40.5 Å². The maximum Gasteiger partial charge on any atom is 0.210 e. The Labute approximate surface area is 630 Å². The van der Waals surface area contributed by atoms with Gasteiger partial charge in [-0.25, -0.2) is 22.0 Å². The van der Waals surface area contributed by atoms with Crippen LogP contribution in [0, 0.1) is 29.1 Å². The molecule has 0 saturated heterocycles. The second kappa shape index (κ2) is 30.6. The molecule has 0 aromatic heterocycles. The van der Waals surface area contributed by atoms with E-state index in [0.29, 0.717) is 0 Å². The molecular formula is C92H94B2Cl2F5N4+2. The SMILES string of the molecule is CCN1/C(=C\C=C2CCCC(/C=C/C3=[N+](CC)c4ccc5ccccc5c4C3(C)C)=C2Cl)C(C)(C)c2c1ccc1ccccc21.CCN1/C(=C\C=C2CCCC(/C=C/C3=[N+](CC)c4ccc5ccccc5c4C3(C)C)=C2Cl)C(C)(C)c2c1ccc1ccccc21.C[B]C.[B]c1c(F)c(F)c(F)c(F)c1F. The smallest absolute Gasteiger partial charge is 0.210 e. The van der Waals surface area contributed by atoms with Gasteiger partial charge in [-0.3, -0.25) is 0 Å². The summed E-state index contributed by atoms with van der Waals surface area (Å²) in [4.78, 5) is 4.97. The van der Waals surface area contributed by atoms with Gasteiger partial charge >= 0.3 is 0 Å². The summed E-state index contributed by atoms with van der Waals surface area (Å²) in [5, 5.41) is 12.4. The third kappa shape index (κ3) is 13.5. The minimum absolute atomic E-state index is 0.107. The first-order chi connectivity index (χ1) is 50.2. The Balaban J connectivity index is 0.000000165. The number of likely N-dealkylation sites (N-methyl/N-ethyl adjacent to an activating group) is 2. The van der Waals surface area contributed by atoms with Crippen molar-refractivity contribution in [1.82, 2.24) is 0 Å². The lowest BCUT2D eigenvalue weighted by Gasteiger charge is -2.26. The molecular weight excluding hydrogens is 1350 g/mol. The predicted octanol–water partition coefficient (Wildman–Crippen LogP) is 24.5. The standard InChI is InChI=1S/2C42H44ClN2.C6BF5.C2H6B/c2*1-7-44-34-24-20-28-14-9-11-18-32(28)38(34)41(3,4)36(44)26-22-30-16-13-17-31(40(30)43)23-27-37-42(5,6)39-33-19-12-10-15-29(33)21-25-35(39)45(37)8-2;7-1-2(8)4(10)6(12)5(11)3(1)9;1-3-2/h2*9-12,14-15,18-27H,7-8,13,16-17H2,1-6H3;;1-2H3/q2*+1;;. The van der Waals surface area contributed by atoms with Gasteiger partial charge in [0, 0.05) is 92.2 Å². The Kier molecular flexibility index (Phi) is 22.1. The van der Waals surface area contributed by atoms with E-state index in [1.54, 1.807) is 0 Å². The topological polar surface area (TPSA) is 12.5 Å². The van der Waals surface area contributed by atoms with Crippen molar-refractivity contribution in [3.8, 4) is 0 Å². The lowest BCUT2D eigenvalue weighted by atomic mass is 9.78. The number of anilines is 2. The van der Waals surface area contributed by atoms with Gasteiger partial charge in [0.05, 0.1) is 10.8 Å². The van der Waals surface area contributed by atoms with Crippen LogP contribution in [0.15, 0.2) is 238 Å². The lowest BCUT2D eigenvalue weighted by Crippen LogP contribution is -2.27. The summed E-state index contributed by atoms with van der Waals surface area (Å²) in [6.07, 6.45) is 24.8. The Morgan fingerprint density at radius 2 is 0.724 bits per heavy atom. The van der Waals surface area contributed by atoms with Gasteiger partial charge < -0.3 is 9.80 Å². The molecule has 3 radical (unpaired) electrons. The van der Waals surface area contributed by atoms with Crippen LogP contribution in [0.4, 0.5) is 44.7 Å². The van der Waals surface area contributed by atoms with Crippen molar-refractivity contribution in [3.05, 3.63) is 289 Å². The summed E-state index contributed by atoms with van der Waals surface area (Å²) < 4.78 is 66.1. The molecule has 0 saturated carbocycles. The van der Waals surface area contributed by atoms with E-state index >= 15 is 0 Å². The first kappa shape index (κ1) is 75.9. The van der Waals surface area contributed by atoms with Crippen LogP contribution in [0.5, 0.6) is 0 Å².